The molecule has 6 heteroatoms. The van der Waals surface area contributed by atoms with Crippen LogP contribution in [0.15, 0.2) is 17.5 Å². The lowest BCUT2D eigenvalue weighted by Crippen LogP contribution is -2.47. The van der Waals surface area contributed by atoms with Gasteiger partial charge >= 0.3 is 5.97 Å². The molecule has 0 bridgehead atoms. The van der Waals surface area contributed by atoms with Gasteiger partial charge in [-0.1, -0.05) is 6.07 Å². The van der Waals surface area contributed by atoms with Gasteiger partial charge in [0.25, 0.3) is 0 Å². The van der Waals surface area contributed by atoms with Crippen LogP contribution in [-0.4, -0.2) is 30.1 Å². The SMILES string of the molecule is CNC(C(=O)O)C(=O)NCc1cccs1. The number of likely N-dealkylation sites (N-methyl/N-ethyl adjacent to an activating group) is 1. The molecule has 15 heavy (non-hydrogen) atoms. The second-order valence-electron chi connectivity index (χ2n) is 2.86. The van der Waals surface area contributed by atoms with Crippen molar-refractivity contribution >= 4 is 23.2 Å². The zero-order valence-electron chi connectivity index (χ0n) is 8.19. The fraction of sp³-hybridized carbons (Fsp3) is 0.333. The van der Waals surface area contributed by atoms with Crippen LogP contribution in [0.1, 0.15) is 4.88 Å². The van der Waals surface area contributed by atoms with Crippen molar-refractivity contribution in [2.75, 3.05) is 7.05 Å². The molecule has 0 fully saturated rings. The zero-order chi connectivity index (χ0) is 11.3. The third-order valence-corrected chi connectivity index (χ3v) is 2.69. The van der Waals surface area contributed by atoms with Gasteiger partial charge in [0.05, 0.1) is 6.54 Å². The summed E-state index contributed by atoms with van der Waals surface area (Å²) in [6.07, 6.45) is 0. The summed E-state index contributed by atoms with van der Waals surface area (Å²) < 4.78 is 0. The van der Waals surface area contributed by atoms with Gasteiger partial charge in [0.2, 0.25) is 5.91 Å². The van der Waals surface area contributed by atoms with Crippen LogP contribution in [0.4, 0.5) is 0 Å². The van der Waals surface area contributed by atoms with Gasteiger partial charge in [-0.2, -0.15) is 0 Å². The van der Waals surface area contributed by atoms with E-state index in [1.165, 1.54) is 18.4 Å². The number of nitrogens with one attached hydrogen (secondary N) is 2. The van der Waals surface area contributed by atoms with E-state index in [-0.39, 0.29) is 0 Å². The van der Waals surface area contributed by atoms with Crippen LogP contribution >= 0.6 is 11.3 Å². The third-order valence-electron chi connectivity index (χ3n) is 1.81. The summed E-state index contributed by atoms with van der Waals surface area (Å²) in [5.74, 6) is -1.71. The van der Waals surface area contributed by atoms with Gasteiger partial charge in [-0.05, 0) is 18.5 Å². The molecule has 1 atom stereocenters. The first-order chi connectivity index (χ1) is 7.15. The summed E-state index contributed by atoms with van der Waals surface area (Å²) in [6, 6.07) is 2.56. The van der Waals surface area contributed by atoms with Crippen molar-refractivity contribution in [3.63, 3.8) is 0 Å². The number of aliphatic carboxylic acids is 1. The van der Waals surface area contributed by atoms with Crippen LogP contribution in [0.2, 0.25) is 0 Å². The van der Waals surface area contributed by atoms with Crippen LogP contribution in [-0.2, 0) is 16.1 Å². The largest absolute Gasteiger partial charge is 0.480 e. The Bertz CT molecular complexity index is 337. The second kappa shape index (κ2) is 5.47. The van der Waals surface area contributed by atoms with E-state index in [0.717, 1.165) is 4.88 Å². The Morgan fingerprint density at radius 2 is 2.33 bits per heavy atom. The van der Waals surface area contributed by atoms with Crippen molar-refractivity contribution in [3.8, 4) is 0 Å². The third kappa shape index (κ3) is 3.34. The summed E-state index contributed by atoms with van der Waals surface area (Å²) in [6.45, 7) is 0.363. The molecule has 82 valence electrons. The Hall–Kier alpha value is -1.40. The number of thiophene rings is 1. The second-order valence-corrected chi connectivity index (χ2v) is 3.89. The average Bonchev–Trinajstić information content (AvgIpc) is 2.67. The minimum atomic E-state index is -1.19. The lowest BCUT2D eigenvalue weighted by atomic mass is 10.3. The van der Waals surface area contributed by atoms with Gasteiger partial charge in [0.1, 0.15) is 0 Å². The lowest BCUT2D eigenvalue weighted by Gasteiger charge is -2.10. The fourth-order valence-corrected chi connectivity index (χ4v) is 1.70. The maximum atomic E-state index is 11.4. The minimum absolute atomic E-state index is 0.363. The van der Waals surface area contributed by atoms with Crippen molar-refractivity contribution in [3.05, 3.63) is 22.4 Å². The van der Waals surface area contributed by atoms with Crippen molar-refractivity contribution in [2.45, 2.75) is 12.6 Å². The number of carbonyl (C=O) groups excluding carboxylic acids is 1. The summed E-state index contributed by atoms with van der Waals surface area (Å²) in [5.41, 5.74) is 0. The molecule has 1 unspecified atom stereocenters. The smallest absolute Gasteiger partial charge is 0.330 e. The van der Waals surface area contributed by atoms with Crippen LogP contribution in [0.3, 0.4) is 0 Å². The standard InChI is InChI=1S/C9H12N2O3S/c1-10-7(9(13)14)8(12)11-5-6-3-2-4-15-6/h2-4,7,10H,5H2,1H3,(H,11,12)(H,13,14). The molecule has 3 N–H and O–H groups in total. The summed E-state index contributed by atoms with van der Waals surface area (Å²) >= 11 is 1.51. The molecule has 1 rings (SSSR count). The van der Waals surface area contributed by atoms with Crippen LogP contribution < -0.4 is 10.6 Å². The van der Waals surface area contributed by atoms with Crippen LogP contribution in [0, 0.1) is 0 Å². The van der Waals surface area contributed by atoms with Gasteiger partial charge in [-0.3, -0.25) is 10.1 Å². The molecule has 0 aromatic carbocycles. The van der Waals surface area contributed by atoms with Gasteiger partial charge in [-0.25, -0.2) is 4.79 Å². The number of rotatable bonds is 5. The molecule has 0 saturated heterocycles. The van der Waals surface area contributed by atoms with E-state index in [4.69, 9.17) is 5.11 Å². The quantitative estimate of drug-likeness (QED) is 0.622. The summed E-state index contributed by atoms with van der Waals surface area (Å²) in [4.78, 5) is 23.0. The molecule has 1 aromatic rings. The molecule has 0 radical (unpaired) electrons. The highest BCUT2D eigenvalue weighted by Crippen LogP contribution is 2.07. The molecule has 1 heterocycles. The molecule has 1 aromatic heterocycles. The molecule has 0 aliphatic heterocycles. The van der Waals surface area contributed by atoms with Gasteiger partial charge in [0, 0.05) is 4.88 Å². The monoisotopic (exact) mass is 228 g/mol. The Labute approximate surface area is 91.1 Å². The van der Waals surface area contributed by atoms with E-state index >= 15 is 0 Å². The highest BCUT2D eigenvalue weighted by Gasteiger charge is 2.23. The maximum absolute atomic E-state index is 11.4. The average molecular weight is 228 g/mol. The van der Waals surface area contributed by atoms with Gasteiger partial charge in [0.15, 0.2) is 6.04 Å². The van der Waals surface area contributed by atoms with Gasteiger partial charge in [-0.15, -0.1) is 11.3 Å². The molecule has 0 aliphatic rings. The topological polar surface area (TPSA) is 78.4 Å². The number of amides is 1. The van der Waals surface area contributed by atoms with E-state index in [0.29, 0.717) is 6.54 Å². The highest BCUT2D eigenvalue weighted by molar-refractivity contribution is 7.09. The fourth-order valence-electron chi connectivity index (χ4n) is 1.06. The highest BCUT2D eigenvalue weighted by atomic mass is 32.1. The maximum Gasteiger partial charge on any atom is 0.330 e. The van der Waals surface area contributed by atoms with Crippen molar-refractivity contribution in [2.24, 2.45) is 0 Å². The first-order valence-corrected chi connectivity index (χ1v) is 5.23. The number of hydrogen-bond donors (Lipinski definition) is 3. The number of carboxylic acids is 1. The molecule has 5 nitrogen and oxygen atoms in total. The molecule has 1 amide bonds. The predicted molar refractivity (Wildman–Crippen MR) is 56.6 cm³/mol. The van der Waals surface area contributed by atoms with E-state index in [9.17, 15) is 9.59 Å². The minimum Gasteiger partial charge on any atom is -0.480 e. The van der Waals surface area contributed by atoms with Gasteiger partial charge < -0.3 is 10.4 Å². The Morgan fingerprint density at radius 3 is 2.80 bits per heavy atom. The van der Waals surface area contributed by atoms with Crippen molar-refractivity contribution < 1.29 is 14.7 Å². The normalized spacial score (nSPS) is 12.1. The van der Waals surface area contributed by atoms with Crippen molar-refractivity contribution in [1.82, 2.24) is 10.6 Å². The lowest BCUT2D eigenvalue weighted by molar-refractivity contribution is -0.143. The number of carboxylic acid groups (broad SMARTS) is 1. The van der Waals surface area contributed by atoms with E-state index in [2.05, 4.69) is 10.6 Å². The zero-order valence-corrected chi connectivity index (χ0v) is 9.00. The first-order valence-electron chi connectivity index (χ1n) is 4.35. The number of hydrogen-bond acceptors (Lipinski definition) is 4. The Kier molecular flexibility index (Phi) is 4.26. The van der Waals surface area contributed by atoms with E-state index < -0.39 is 17.9 Å². The van der Waals surface area contributed by atoms with E-state index in [1.54, 1.807) is 0 Å². The summed E-state index contributed by atoms with van der Waals surface area (Å²) in [7, 11) is 1.43. The Balaban J connectivity index is 2.44. The molecular weight excluding hydrogens is 216 g/mol. The first kappa shape index (κ1) is 11.7. The Morgan fingerprint density at radius 1 is 1.60 bits per heavy atom. The summed E-state index contributed by atoms with van der Waals surface area (Å²) in [5, 5.41) is 15.5. The molecule has 0 saturated carbocycles. The predicted octanol–water partition coefficient (Wildman–Crippen LogP) is 0.0369. The van der Waals surface area contributed by atoms with Crippen LogP contribution in [0.25, 0.3) is 0 Å². The molecule has 0 aliphatic carbocycles. The molecule has 0 spiro atoms. The molecular formula is C9H12N2O3S. The number of carbonyl (C=O) groups is 2. The van der Waals surface area contributed by atoms with Crippen LogP contribution in [0.5, 0.6) is 0 Å². The van der Waals surface area contributed by atoms with E-state index in [1.807, 2.05) is 17.5 Å². The van der Waals surface area contributed by atoms with Crippen molar-refractivity contribution in [1.29, 1.82) is 0 Å².